The van der Waals surface area contributed by atoms with E-state index in [1.54, 1.807) is 6.07 Å². The Hall–Kier alpha value is -0.270. The molecule has 0 aromatic heterocycles. The predicted molar refractivity (Wildman–Crippen MR) is 68.4 cm³/mol. The highest BCUT2D eigenvalue weighted by Gasteiger charge is 2.29. The molecule has 1 atom stereocenters. The van der Waals surface area contributed by atoms with Crippen LogP contribution in [0.5, 0.6) is 5.75 Å². The third-order valence-electron chi connectivity index (χ3n) is 2.20. The van der Waals surface area contributed by atoms with Crippen LogP contribution in [0.4, 0.5) is 4.79 Å². The summed E-state index contributed by atoms with van der Waals surface area (Å²) < 4.78 is 6.69. The van der Waals surface area contributed by atoms with Crippen molar-refractivity contribution in [2.45, 2.75) is 6.04 Å². The molecule has 7 heteroatoms. The van der Waals surface area contributed by atoms with Crippen LogP contribution in [-0.4, -0.2) is 17.8 Å². The number of benzene rings is 1. The lowest BCUT2D eigenvalue weighted by molar-refractivity contribution is 0.177. The van der Waals surface area contributed by atoms with Crippen molar-refractivity contribution in [3.05, 3.63) is 25.0 Å². The van der Waals surface area contributed by atoms with Crippen LogP contribution in [0.3, 0.4) is 0 Å². The van der Waals surface area contributed by atoms with E-state index >= 15 is 0 Å². The minimum absolute atomic E-state index is 0.0966. The minimum atomic E-state index is -0.453. The number of ether oxygens (including phenoxy) is 1. The van der Waals surface area contributed by atoms with E-state index in [-0.39, 0.29) is 18.4 Å². The van der Waals surface area contributed by atoms with Gasteiger partial charge in [-0.1, -0.05) is 15.9 Å². The monoisotopic (exact) mass is 413 g/mol. The second-order valence-electron chi connectivity index (χ2n) is 3.21. The first kappa shape index (κ1) is 12.2. The molecule has 1 aliphatic rings. The maximum absolute atomic E-state index is 11.0. The van der Waals surface area contributed by atoms with E-state index in [9.17, 15) is 9.90 Å². The summed E-state index contributed by atoms with van der Waals surface area (Å²) in [4.78, 5) is 11.0. The zero-order valence-corrected chi connectivity index (χ0v) is 12.5. The van der Waals surface area contributed by atoms with Gasteiger partial charge in [-0.15, -0.1) is 0 Å². The predicted octanol–water partition coefficient (Wildman–Crippen LogP) is 3.46. The number of carbonyl (C=O) groups is 1. The van der Waals surface area contributed by atoms with Crippen LogP contribution >= 0.6 is 47.8 Å². The molecule has 0 aliphatic carbocycles. The lowest BCUT2D eigenvalue weighted by Gasteiger charge is -2.14. The van der Waals surface area contributed by atoms with Gasteiger partial charge in [0, 0.05) is 10.0 Å². The van der Waals surface area contributed by atoms with Gasteiger partial charge in [0.1, 0.15) is 12.4 Å². The lowest BCUT2D eigenvalue weighted by atomic mass is 10.1. The molecule has 0 unspecified atom stereocenters. The number of hydrogen-bond acceptors (Lipinski definition) is 3. The summed E-state index contributed by atoms with van der Waals surface area (Å²) in [6.45, 7) is 0.247. The first-order chi connectivity index (χ1) is 7.50. The number of alkyl carbamates (subject to hydrolysis) is 1. The maximum Gasteiger partial charge on any atom is 0.407 e. The van der Waals surface area contributed by atoms with E-state index in [1.807, 2.05) is 0 Å². The van der Waals surface area contributed by atoms with Gasteiger partial charge in [-0.2, -0.15) is 0 Å². The summed E-state index contributed by atoms with van der Waals surface area (Å²) >= 11 is 9.90. The smallest absolute Gasteiger partial charge is 0.407 e. The Kier molecular flexibility index (Phi) is 3.46. The van der Waals surface area contributed by atoms with E-state index in [1.165, 1.54) is 0 Å². The van der Waals surface area contributed by atoms with Gasteiger partial charge in [0.15, 0.2) is 0 Å². The van der Waals surface area contributed by atoms with E-state index in [0.29, 0.717) is 8.95 Å². The number of rotatable bonds is 1. The molecule has 1 amide bonds. The highest BCUT2D eigenvalue weighted by atomic mass is 79.9. The summed E-state index contributed by atoms with van der Waals surface area (Å²) in [5.41, 5.74) is 0.756. The Morgan fingerprint density at radius 3 is 2.62 bits per heavy atom. The summed E-state index contributed by atoms with van der Waals surface area (Å²) in [5.74, 6) is 0.0966. The largest absolute Gasteiger partial charge is 0.506 e. The normalized spacial score (nSPS) is 19.4. The number of nitrogens with one attached hydrogen (secondary N) is 1. The lowest BCUT2D eigenvalue weighted by Crippen LogP contribution is -2.19. The molecule has 4 nitrogen and oxygen atoms in total. The van der Waals surface area contributed by atoms with Crippen LogP contribution in [0.1, 0.15) is 11.6 Å². The molecule has 1 aromatic carbocycles. The van der Waals surface area contributed by atoms with Crippen LogP contribution in [0.2, 0.25) is 0 Å². The van der Waals surface area contributed by atoms with Gasteiger partial charge < -0.3 is 15.2 Å². The first-order valence-electron chi connectivity index (χ1n) is 4.30. The van der Waals surface area contributed by atoms with Crippen molar-refractivity contribution in [2.75, 3.05) is 6.61 Å². The topological polar surface area (TPSA) is 58.6 Å². The fraction of sp³-hybridized carbons (Fsp3) is 0.222. The quantitative estimate of drug-likeness (QED) is 0.738. The molecule has 1 fully saturated rings. The standard InChI is InChI=1S/C9H6Br3NO3/c10-3-1-4(11)8(14)7(12)6(3)5-2-16-9(15)13-5/h1,5,14H,2H2,(H,13,15)/t5-/m0/s1. The third-order valence-corrected chi connectivity index (χ3v) is 4.27. The van der Waals surface area contributed by atoms with E-state index in [0.717, 1.165) is 10.0 Å². The zero-order valence-electron chi connectivity index (χ0n) is 7.76. The Balaban J connectivity index is 2.48. The molecule has 2 N–H and O–H groups in total. The van der Waals surface area contributed by atoms with Crippen molar-refractivity contribution in [2.24, 2.45) is 0 Å². The zero-order chi connectivity index (χ0) is 11.9. The molecular weight excluding hydrogens is 410 g/mol. The van der Waals surface area contributed by atoms with Gasteiger partial charge in [-0.25, -0.2) is 4.79 Å². The highest BCUT2D eigenvalue weighted by Crippen LogP contribution is 2.42. The third kappa shape index (κ3) is 2.08. The molecule has 1 aromatic rings. The molecule has 86 valence electrons. The fourth-order valence-corrected chi connectivity index (χ4v) is 4.13. The van der Waals surface area contributed by atoms with E-state index in [4.69, 9.17) is 4.74 Å². The average Bonchev–Trinajstić information content (AvgIpc) is 2.61. The van der Waals surface area contributed by atoms with Crippen molar-refractivity contribution < 1.29 is 14.6 Å². The van der Waals surface area contributed by atoms with Gasteiger partial charge in [-0.3, -0.25) is 0 Å². The summed E-state index contributed by atoms with van der Waals surface area (Å²) in [7, 11) is 0. The van der Waals surface area contributed by atoms with Crippen molar-refractivity contribution >= 4 is 53.9 Å². The maximum atomic E-state index is 11.0. The molecule has 2 rings (SSSR count). The van der Waals surface area contributed by atoms with Crippen molar-refractivity contribution in [3.63, 3.8) is 0 Å². The van der Waals surface area contributed by atoms with Crippen LogP contribution in [0, 0.1) is 0 Å². The van der Waals surface area contributed by atoms with E-state index < -0.39 is 6.09 Å². The second kappa shape index (κ2) is 4.54. The number of amides is 1. The second-order valence-corrected chi connectivity index (χ2v) is 5.71. The molecule has 0 spiro atoms. The summed E-state index contributed by atoms with van der Waals surface area (Å²) in [6, 6.07) is 1.45. The van der Waals surface area contributed by atoms with Crippen LogP contribution in [0.25, 0.3) is 0 Å². The SMILES string of the molecule is O=C1N[C@H](c2c(Br)cc(Br)c(O)c2Br)CO1. The summed E-state index contributed by atoms with van der Waals surface area (Å²) in [5, 5.41) is 12.4. The van der Waals surface area contributed by atoms with Crippen LogP contribution in [-0.2, 0) is 4.74 Å². The molecule has 0 saturated carbocycles. The highest BCUT2D eigenvalue weighted by molar-refractivity contribution is 9.11. The van der Waals surface area contributed by atoms with Gasteiger partial charge in [0.25, 0.3) is 0 Å². The Labute approximate surface area is 117 Å². The number of hydrogen-bond donors (Lipinski definition) is 2. The first-order valence-corrected chi connectivity index (χ1v) is 6.68. The molecule has 16 heavy (non-hydrogen) atoms. The van der Waals surface area contributed by atoms with Crippen molar-refractivity contribution in [1.82, 2.24) is 5.32 Å². The molecular formula is C9H6Br3NO3. The van der Waals surface area contributed by atoms with Gasteiger partial charge in [-0.05, 0) is 37.9 Å². The summed E-state index contributed by atoms with van der Waals surface area (Å²) in [6.07, 6.45) is -0.453. The Morgan fingerprint density at radius 1 is 1.38 bits per heavy atom. The Morgan fingerprint density at radius 2 is 2.06 bits per heavy atom. The van der Waals surface area contributed by atoms with E-state index in [2.05, 4.69) is 53.1 Å². The number of cyclic esters (lactones) is 1. The van der Waals surface area contributed by atoms with Gasteiger partial charge >= 0.3 is 6.09 Å². The molecule has 1 aliphatic heterocycles. The fourth-order valence-electron chi connectivity index (χ4n) is 1.45. The molecule has 1 saturated heterocycles. The van der Waals surface area contributed by atoms with Crippen LogP contribution < -0.4 is 5.32 Å². The number of halogens is 3. The number of phenolic OH excluding ortho intramolecular Hbond substituents is 1. The van der Waals surface area contributed by atoms with Gasteiger partial charge in [0.05, 0.1) is 15.0 Å². The average molecular weight is 416 g/mol. The molecule has 0 radical (unpaired) electrons. The molecule has 0 bridgehead atoms. The number of phenols is 1. The number of carbonyl (C=O) groups excluding carboxylic acids is 1. The number of aromatic hydroxyl groups is 1. The van der Waals surface area contributed by atoms with Crippen molar-refractivity contribution in [3.8, 4) is 5.75 Å². The van der Waals surface area contributed by atoms with Crippen molar-refractivity contribution in [1.29, 1.82) is 0 Å². The van der Waals surface area contributed by atoms with Crippen LogP contribution in [0.15, 0.2) is 19.5 Å². The Bertz CT molecular complexity index is 464. The minimum Gasteiger partial charge on any atom is -0.506 e. The van der Waals surface area contributed by atoms with Gasteiger partial charge in [0.2, 0.25) is 0 Å². The molecule has 1 heterocycles.